The number of rotatable bonds is 9. The van der Waals surface area contributed by atoms with Crippen LogP contribution in [0.25, 0.3) is 10.2 Å². The molecule has 30 heavy (non-hydrogen) atoms. The number of fused-ring (bicyclic) bond motifs is 1. The monoisotopic (exact) mass is 451 g/mol. The van der Waals surface area contributed by atoms with E-state index in [1.807, 2.05) is 0 Å². The largest absolute Gasteiger partial charge is 0.491 e. The van der Waals surface area contributed by atoms with E-state index in [1.165, 1.54) is 18.2 Å². The molecule has 4 N–H and O–H groups in total. The lowest BCUT2D eigenvalue weighted by atomic mass is 10.3. The van der Waals surface area contributed by atoms with Crippen LogP contribution >= 0.6 is 22.9 Å². The maximum atomic E-state index is 12.3. The molecule has 1 heterocycles. The van der Waals surface area contributed by atoms with Crippen molar-refractivity contribution in [2.45, 2.75) is 0 Å². The fourth-order valence-corrected chi connectivity index (χ4v) is 3.58. The summed E-state index contributed by atoms with van der Waals surface area (Å²) in [5.74, 6) is 0.474. The van der Waals surface area contributed by atoms with Crippen molar-refractivity contribution < 1.29 is 19.2 Å². The molecule has 0 unspecified atom stereocenters. The molecule has 0 saturated carbocycles. The highest BCUT2D eigenvalue weighted by atomic mass is 35.5. The van der Waals surface area contributed by atoms with Gasteiger partial charge in [-0.1, -0.05) is 22.9 Å². The van der Waals surface area contributed by atoms with Crippen molar-refractivity contribution in [3.8, 4) is 5.75 Å². The van der Waals surface area contributed by atoms with Gasteiger partial charge in [0.05, 0.1) is 28.4 Å². The molecule has 0 aliphatic carbocycles. The van der Waals surface area contributed by atoms with Crippen LogP contribution in [-0.4, -0.2) is 42.3 Å². The second-order valence-electron chi connectivity index (χ2n) is 5.93. The summed E-state index contributed by atoms with van der Waals surface area (Å²) in [7, 11) is 0. The molecule has 0 aliphatic rings. The number of hydrogen-bond acceptors (Lipinski definition) is 8. The van der Waals surface area contributed by atoms with E-state index in [0.29, 0.717) is 58.2 Å². The van der Waals surface area contributed by atoms with E-state index in [0.717, 1.165) is 11.3 Å². The van der Waals surface area contributed by atoms with Crippen LogP contribution in [0.4, 0.5) is 21.3 Å². The van der Waals surface area contributed by atoms with Crippen molar-refractivity contribution in [1.29, 1.82) is 0 Å². The van der Waals surface area contributed by atoms with Crippen molar-refractivity contribution in [1.82, 2.24) is 4.98 Å². The average Bonchev–Trinajstić information content (AvgIpc) is 3.08. The quantitative estimate of drug-likeness (QED) is 0.255. The number of urea groups is 1. The molecular weight excluding hydrogens is 434 g/mol. The van der Waals surface area contributed by atoms with E-state index < -0.39 is 11.0 Å². The van der Waals surface area contributed by atoms with Gasteiger partial charge in [-0.15, -0.1) is 0 Å². The summed E-state index contributed by atoms with van der Waals surface area (Å²) >= 11 is 7.22. The number of amides is 2. The van der Waals surface area contributed by atoms with Gasteiger partial charge in [0.15, 0.2) is 5.13 Å². The number of nitrogens with one attached hydrogen (secondary N) is 2. The Kier molecular flexibility index (Phi) is 7.36. The van der Waals surface area contributed by atoms with Crippen LogP contribution in [0.1, 0.15) is 0 Å². The van der Waals surface area contributed by atoms with Crippen LogP contribution in [0.3, 0.4) is 0 Å². The van der Waals surface area contributed by atoms with Gasteiger partial charge in [0, 0.05) is 35.5 Å². The Labute approximate surface area is 180 Å². The molecule has 3 rings (SSSR count). The minimum absolute atomic E-state index is 0.0398. The Hall–Kier alpha value is -2.99. The van der Waals surface area contributed by atoms with Crippen molar-refractivity contribution in [3.63, 3.8) is 0 Å². The summed E-state index contributed by atoms with van der Waals surface area (Å²) in [6.07, 6.45) is 0. The molecule has 0 aliphatic heterocycles. The molecule has 0 saturated heterocycles. The lowest BCUT2D eigenvalue weighted by Crippen LogP contribution is -2.19. The van der Waals surface area contributed by atoms with E-state index >= 15 is 0 Å². The zero-order valence-corrected chi connectivity index (χ0v) is 17.2. The zero-order chi connectivity index (χ0) is 21.5. The highest BCUT2D eigenvalue weighted by Gasteiger charge is 2.12. The van der Waals surface area contributed by atoms with Gasteiger partial charge in [-0.3, -0.25) is 15.4 Å². The fourth-order valence-electron chi connectivity index (χ4n) is 2.46. The molecule has 2 aromatic carbocycles. The number of ether oxygens (including phenoxy) is 2. The van der Waals surface area contributed by atoms with E-state index in [1.54, 1.807) is 18.2 Å². The molecule has 3 aromatic rings. The second kappa shape index (κ2) is 10.2. The minimum Gasteiger partial charge on any atom is -0.491 e. The third kappa shape index (κ3) is 6.00. The number of anilines is 2. The Morgan fingerprint density at radius 2 is 2.03 bits per heavy atom. The molecular formula is C18H18ClN5O5S. The van der Waals surface area contributed by atoms with E-state index in [-0.39, 0.29) is 5.69 Å². The number of hydrogen-bond donors (Lipinski definition) is 3. The van der Waals surface area contributed by atoms with Crippen LogP contribution in [-0.2, 0) is 4.74 Å². The molecule has 12 heteroatoms. The lowest BCUT2D eigenvalue weighted by molar-refractivity contribution is -0.384. The number of nitrogens with two attached hydrogens (primary N) is 1. The summed E-state index contributed by atoms with van der Waals surface area (Å²) in [5.41, 5.74) is 6.28. The molecule has 0 fully saturated rings. The van der Waals surface area contributed by atoms with Crippen LogP contribution in [0, 0.1) is 10.1 Å². The van der Waals surface area contributed by atoms with E-state index in [9.17, 15) is 14.9 Å². The Morgan fingerprint density at radius 3 is 2.80 bits per heavy atom. The van der Waals surface area contributed by atoms with Gasteiger partial charge in [-0.05, 0) is 18.2 Å². The maximum absolute atomic E-state index is 12.3. The lowest BCUT2D eigenvalue weighted by Gasteiger charge is -2.10. The first-order chi connectivity index (χ1) is 14.4. The third-order valence-electron chi connectivity index (χ3n) is 3.69. The van der Waals surface area contributed by atoms with Crippen molar-refractivity contribution in [2.75, 3.05) is 37.0 Å². The van der Waals surface area contributed by atoms with Crippen molar-refractivity contribution in [3.05, 3.63) is 51.5 Å². The second-order valence-corrected chi connectivity index (χ2v) is 7.40. The molecule has 0 spiro atoms. The molecule has 1 aromatic heterocycles. The van der Waals surface area contributed by atoms with Crippen molar-refractivity contribution in [2.24, 2.45) is 5.73 Å². The van der Waals surface area contributed by atoms with Crippen LogP contribution in [0.15, 0.2) is 36.4 Å². The third-order valence-corrected chi connectivity index (χ3v) is 4.84. The van der Waals surface area contributed by atoms with Crippen LogP contribution < -0.4 is 21.1 Å². The van der Waals surface area contributed by atoms with Gasteiger partial charge >= 0.3 is 6.03 Å². The van der Waals surface area contributed by atoms with Gasteiger partial charge in [-0.2, -0.15) is 0 Å². The Morgan fingerprint density at radius 1 is 1.20 bits per heavy atom. The molecule has 2 amide bonds. The summed E-state index contributed by atoms with van der Waals surface area (Å²) < 4.78 is 11.4. The first-order valence-electron chi connectivity index (χ1n) is 8.79. The average molecular weight is 452 g/mol. The number of non-ortho nitro benzene ring substituents is 1. The minimum atomic E-state index is -0.539. The smallest absolute Gasteiger partial charge is 0.325 e. The highest BCUT2D eigenvalue weighted by Crippen LogP contribution is 2.29. The normalized spacial score (nSPS) is 10.7. The number of nitro groups is 1. The van der Waals surface area contributed by atoms with Crippen molar-refractivity contribution >= 4 is 55.7 Å². The van der Waals surface area contributed by atoms with Gasteiger partial charge in [-0.25, -0.2) is 9.78 Å². The number of carbonyl (C=O) groups excluding carboxylic acids is 1. The number of thiazole rings is 1. The number of nitro benzene ring substituents is 1. The summed E-state index contributed by atoms with van der Waals surface area (Å²) in [6.45, 7) is 1.57. The van der Waals surface area contributed by atoms with E-state index in [4.69, 9.17) is 26.8 Å². The molecule has 10 nitrogen and oxygen atoms in total. The Balaban J connectivity index is 1.61. The summed E-state index contributed by atoms with van der Waals surface area (Å²) in [6, 6.07) is 8.58. The molecule has 0 bridgehead atoms. The van der Waals surface area contributed by atoms with Gasteiger partial charge in [0.2, 0.25) is 0 Å². The molecule has 0 radical (unpaired) electrons. The van der Waals surface area contributed by atoms with Gasteiger partial charge in [0.25, 0.3) is 5.69 Å². The maximum Gasteiger partial charge on any atom is 0.325 e. The first kappa shape index (κ1) is 21.7. The number of carbonyl (C=O) groups is 1. The SMILES string of the molecule is NCCOCCOc1cc(Cl)cc(NC(=O)Nc2nc3ccc([N+](=O)[O-])cc3s2)c1. The standard InChI is InChI=1S/C18H18ClN5O5S/c19-11-7-12(9-14(8-11)29-6-5-28-4-3-20)21-17(25)23-18-22-15-2-1-13(24(26)27)10-16(15)30-18/h1-2,7-10H,3-6,20H2,(H2,21,22,23,25). The number of benzene rings is 2. The number of nitrogens with zero attached hydrogens (tertiary/aromatic N) is 2. The van der Waals surface area contributed by atoms with Crippen LogP contribution in [0.2, 0.25) is 5.02 Å². The highest BCUT2D eigenvalue weighted by molar-refractivity contribution is 7.22. The Bertz CT molecular complexity index is 1060. The van der Waals surface area contributed by atoms with Gasteiger partial charge in [0.1, 0.15) is 12.4 Å². The summed E-state index contributed by atoms with van der Waals surface area (Å²) in [4.78, 5) is 26.9. The summed E-state index contributed by atoms with van der Waals surface area (Å²) in [5, 5.41) is 16.8. The molecule has 0 atom stereocenters. The van der Waals surface area contributed by atoms with E-state index in [2.05, 4.69) is 15.6 Å². The fraction of sp³-hybridized carbons (Fsp3) is 0.222. The number of halogens is 1. The number of aromatic nitrogens is 1. The topological polar surface area (TPSA) is 142 Å². The predicted molar refractivity (Wildman–Crippen MR) is 116 cm³/mol. The predicted octanol–water partition coefficient (Wildman–Crippen LogP) is 3.86. The van der Waals surface area contributed by atoms with Gasteiger partial charge < -0.3 is 20.5 Å². The first-order valence-corrected chi connectivity index (χ1v) is 9.98. The van der Waals surface area contributed by atoms with Crippen LogP contribution in [0.5, 0.6) is 5.75 Å². The zero-order valence-electron chi connectivity index (χ0n) is 15.6. The molecule has 158 valence electrons.